The van der Waals surface area contributed by atoms with Crippen LogP contribution in [-0.4, -0.2) is 33.2 Å². The Morgan fingerprint density at radius 1 is 1.33 bits per heavy atom. The Labute approximate surface area is 172 Å². The first-order chi connectivity index (χ1) is 14.3. The summed E-state index contributed by atoms with van der Waals surface area (Å²) in [6.45, 7) is 0.493. The van der Waals surface area contributed by atoms with Gasteiger partial charge in [0.1, 0.15) is 5.78 Å². The van der Waals surface area contributed by atoms with Crippen molar-refractivity contribution in [2.75, 3.05) is 11.9 Å². The number of carbonyl (C=O) groups is 2. The number of aliphatic hydroxyl groups excluding tert-OH is 1. The summed E-state index contributed by atoms with van der Waals surface area (Å²) in [4.78, 5) is 24.6. The smallest absolute Gasteiger partial charge is 0.396 e. The number of aryl methyl sites for hydroxylation is 1. The quantitative estimate of drug-likeness (QED) is 0.677. The Morgan fingerprint density at radius 3 is 2.80 bits per heavy atom. The van der Waals surface area contributed by atoms with Gasteiger partial charge >= 0.3 is 6.18 Å². The van der Waals surface area contributed by atoms with E-state index >= 15 is 0 Å². The van der Waals surface area contributed by atoms with Gasteiger partial charge < -0.3 is 10.4 Å². The van der Waals surface area contributed by atoms with Gasteiger partial charge in [-0.3, -0.25) is 14.3 Å². The van der Waals surface area contributed by atoms with E-state index in [9.17, 15) is 22.8 Å². The summed E-state index contributed by atoms with van der Waals surface area (Å²) in [6.07, 6.45) is -0.624. The highest BCUT2D eigenvalue weighted by Crippen LogP contribution is 2.36. The van der Waals surface area contributed by atoms with Gasteiger partial charge in [0.15, 0.2) is 5.82 Å². The Balaban J connectivity index is 1.81. The molecule has 2 aromatic rings. The number of nitrogens with one attached hydrogen (secondary N) is 1. The third-order valence-electron chi connectivity index (χ3n) is 5.29. The lowest BCUT2D eigenvalue weighted by molar-refractivity contribution is -0.137. The second-order valence-electron chi connectivity index (χ2n) is 7.59. The fourth-order valence-electron chi connectivity index (χ4n) is 3.75. The van der Waals surface area contributed by atoms with Gasteiger partial charge in [-0.05, 0) is 36.8 Å². The van der Waals surface area contributed by atoms with Crippen LogP contribution in [0.5, 0.6) is 0 Å². The van der Waals surface area contributed by atoms with Crippen LogP contribution in [0.4, 0.5) is 19.0 Å². The standard InChI is InChI=1S/C21H24F3N3O3/c22-21(23,24)16-4-1-3-15(13-16)18(12-14-5-6-17(29)11-14)20(30)25-19-7-9-27(26-19)8-2-10-28/h1,3-4,7,9,13-14,18,28H,2,5-6,8,10-12H2,(H,25,26,30)/t14-,18+/m0/s1. The minimum Gasteiger partial charge on any atom is -0.396 e. The maximum Gasteiger partial charge on any atom is 0.416 e. The van der Waals surface area contributed by atoms with E-state index in [1.54, 1.807) is 16.9 Å². The zero-order chi connectivity index (χ0) is 21.7. The van der Waals surface area contributed by atoms with Crippen LogP contribution in [0.3, 0.4) is 0 Å². The molecular weight excluding hydrogens is 399 g/mol. The molecule has 0 bridgehead atoms. The number of rotatable bonds is 8. The van der Waals surface area contributed by atoms with Crippen molar-refractivity contribution in [3.8, 4) is 0 Å². The number of amides is 1. The van der Waals surface area contributed by atoms with Crippen LogP contribution in [-0.2, 0) is 22.3 Å². The van der Waals surface area contributed by atoms with E-state index in [2.05, 4.69) is 10.4 Å². The van der Waals surface area contributed by atoms with Crippen molar-refractivity contribution < 1.29 is 27.9 Å². The SMILES string of the molecule is O=C1CC[C@H](C[C@@H](C(=O)Nc2ccn(CCCO)n2)c2cccc(C(F)(F)F)c2)C1. The van der Waals surface area contributed by atoms with Crippen molar-refractivity contribution in [1.29, 1.82) is 0 Å². The monoisotopic (exact) mass is 423 g/mol. The number of alkyl halides is 3. The molecule has 9 heteroatoms. The number of benzene rings is 1. The second-order valence-corrected chi connectivity index (χ2v) is 7.59. The van der Waals surface area contributed by atoms with E-state index < -0.39 is 23.6 Å². The van der Waals surface area contributed by atoms with Crippen LogP contribution < -0.4 is 5.32 Å². The van der Waals surface area contributed by atoms with Crippen LogP contribution in [0.1, 0.15) is 49.1 Å². The Kier molecular flexibility index (Phi) is 6.91. The summed E-state index contributed by atoms with van der Waals surface area (Å²) in [5.41, 5.74) is -0.546. The van der Waals surface area contributed by atoms with E-state index in [0.29, 0.717) is 38.6 Å². The van der Waals surface area contributed by atoms with E-state index in [-0.39, 0.29) is 29.7 Å². The number of nitrogens with zero attached hydrogens (tertiary/aromatic N) is 2. The summed E-state index contributed by atoms with van der Waals surface area (Å²) in [5, 5.41) is 15.8. The summed E-state index contributed by atoms with van der Waals surface area (Å²) < 4.78 is 41.1. The average molecular weight is 423 g/mol. The van der Waals surface area contributed by atoms with E-state index in [4.69, 9.17) is 5.11 Å². The lowest BCUT2D eigenvalue weighted by Crippen LogP contribution is -2.24. The lowest BCUT2D eigenvalue weighted by atomic mass is 9.86. The summed E-state index contributed by atoms with van der Waals surface area (Å²) in [6, 6.07) is 6.37. The first-order valence-electron chi connectivity index (χ1n) is 9.90. The molecule has 1 amide bonds. The molecule has 0 unspecified atom stereocenters. The van der Waals surface area contributed by atoms with Crippen molar-refractivity contribution in [2.24, 2.45) is 5.92 Å². The molecule has 0 aliphatic heterocycles. The molecule has 1 aliphatic rings. The number of carbonyl (C=O) groups excluding carboxylic acids is 2. The molecule has 3 rings (SSSR count). The van der Waals surface area contributed by atoms with Gasteiger partial charge in [0, 0.05) is 38.3 Å². The van der Waals surface area contributed by atoms with Crippen LogP contribution in [0.2, 0.25) is 0 Å². The van der Waals surface area contributed by atoms with Gasteiger partial charge in [-0.1, -0.05) is 18.2 Å². The summed E-state index contributed by atoms with van der Waals surface area (Å²) >= 11 is 0. The molecule has 2 N–H and O–H groups in total. The minimum atomic E-state index is -4.51. The van der Waals surface area contributed by atoms with Crippen molar-refractivity contribution >= 4 is 17.5 Å². The predicted octanol–water partition coefficient (Wildman–Crippen LogP) is 3.77. The Hall–Kier alpha value is -2.68. The Morgan fingerprint density at radius 2 is 2.13 bits per heavy atom. The van der Waals surface area contributed by atoms with E-state index in [1.165, 1.54) is 12.1 Å². The second kappa shape index (κ2) is 9.42. The molecule has 2 atom stereocenters. The molecular formula is C21H24F3N3O3. The molecule has 1 aromatic heterocycles. The maximum atomic E-state index is 13.2. The van der Waals surface area contributed by atoms with Gasteiger partial charge in [0.2, 0.25) is 5.91 Å². The van der Waals surface area contributed by atoms with E-state index in [1.807, 2.05) is 0 Å². The maximum absolute atomic E-state index is 13.2. The molecule has 0 spiro atoms. The number of halogens is 3. The van der Waals surface area contributed by atoms with Crippen LogP contribution >= 0.6 is 0 Å². The van der Waals surface area contributed by atoms with Crippen molar-refractivity contribution in [3.63, 3.8) is 0 Å². The normalized spacial score (nSPS) is 17.9. The lowest BCUT2D eigenvalue weighted by Gasteiger charge is -2.21. The molecule has 6 nitrogen and oxygen atoms in total. The fraction of sp³-hybridized carbons (Fsp3) is 0.476. The highest BCUT2D eigenvalue weighted by Gasteiger charge is 2.34. The molecule has 30 heavy (non-hydrogen) atoms. The number of hydrogen-bond donors (Lipinski definition) is 2. The zero-order valence-corrected chi connectivity index (χ0v) is 16.4. The minimum absolute atomic E-state index is 0.0132. The third kappa shape index (κ3) is 5.69. The molecule has 1 aromatic carbocycles. The number of aliphatic hydroxyl groups is 1. The largest absolute Gasteiger partial charge is 0.416 e. The van der Waals surface area contributed by atoms with E-state index in [0.717, 1.165) is 12.1 Å². The van der Waals surface area contributed by atoms with Gasteiger partial charge in [0.25, 0.3) is 0 Å². The Bertz CT molecular complexity index is 895. The number of Topliss-reactive ketones (excluding diaryl/α,β-unsaturated/α-hetero) is 1. The zero-order valence-electron chi connectivity index (χ0n) is 16.4. The van der Waals surface area contributed by atoms with Gasteiger partial charge in [-0.15, -0.1) is 0 Å². The molecule has 0 saturated heterocycles. The van der Waals surface area contributed by atoms with Crippen molar-refractivity contribution in [1.82, 2.24) is 9.78 Å². The van der Waals surface area contributed by atoms with Crippen LogP contribution in [0.15, 0.2) is 36.5 Å². The topological polar surface area (TPSA) is 84.2 Å². The predicted molar refractivity (Wildman–Crippen MR) is 104 cm³/mol. The number of hydrogen-bond acceptors (Lipinski definition) is 4. The fourth-order valence-corrected chi connectivity index (χ4v) is 3.75. The average Bonchev–Trinajstić information content (AvgIpc) is 3.32. The highest BCUT2D eigenvalue weighted by atomic mass is 19.4. The first kappa shape index (κ1) is 22.0. The summed E-state index contributed by atoms with van der Waals surface area (Å²) in [5.74, 6) is -0.917. The molecule has 1 saturated carbocycles. The van der Waals surface area contributed by atoms with Gasteiger partial charge in [-0.2, -0.15) is 18.3 Å². The van der Waals surface area contributed by atoms with Crippen molar-refractivity contribution in [3.05, 3.63) is 47.7 Å². The van der Waals surface area contributed by atoms with Gasteiger partial charge in [-0.25, -0.2) is 0 Å². The number of ketones is 1. The number of aromatic nitrogens is 2. The van der Waals surface area contributed by atoms with Crippen LogP contribution in [0, 0.1) is 5.92 Å². The summed E-state index contributed by atoms with van der Waals surface area (Å²) in [7, 11) is 0. The molecule has 0 radical (unpaired) electrons. The molecule has 162 valence electrons. The number of anilines is 1. The third-order valence-corrected chi connectivity index (χ3v) is 5.29. The van der Waals surface area contributed by atoms with Crippen LogP contribution in [0.25, 0.3) is 0 Å². The molecule has 1 fully saturated rings. The highest BCUT2D eigenvalue weighted by molar-refractivity contribution is 5.95. The molecule has 1 heterocycles. The molecule has 1 aliphatic carbocycles. The van der Waals surface area contributed by atoms with Crippen molar-refractivity contribution in [2.45, 2.75) is 50.7 Å². The van der Waals surface area contributed by atoms with Gasteiger partial charge in [0.05, 0.1) is 11.5 Å². The first-order valence-corrected chi connectivity index (χ1v) is 9.90.